The Bertz CT molecular complexity index is 1690. The first kappa shape index (κ1) is 29.3. The minimum Gasteiger partial charge on any atom is -0.359 e. The molecule has 0 aliphatic carbocycles. The Balaban J connectivity index is 1.20. The van der Waals surface area contributed by atoms with Gasteiger partial charge < -0.3 is 20.1 Å². The number of nitrogens with one attached hydrogen (secondary N) is 3. The molecule has 10 nitrogen and oxygen atoms in total. The van der Waals surface area contributed by atoms with Crippen LogP contribution in [-0.2, 0) is 16.6 Å². The highest BCUT2D eigenvalue weighted by Gasteiger charge is 2.20. The smallest absolute Gasteiger partial charge is 0.324 e. The van der Waals surface area contributed by atoms with E-state index < -0.39 is 6.03 Å². The summed E-state index contributed by atoms with van der Waals surface area (Å²) in [6, 6.07) is 15.0. The maximum Gasteiger partial charge on any atom is 0.324 e. The lowest BCUT2D eigenvalue weighted by Gasteiger charge is -2.17. The normalized spacial score (nSPS) is 11.9. The zero-order valence-corrected chi connectivity index (χ0v) is 25.5. The van der Waals surface area contributed by atoms with Crippen LogP contribution < -0.4 is 16.0 Å². The monoisotopic (exact) mass is 587 g/mol. The van der Waals surface area contributed by atoms with Crippen LogP contribution >= 0.6 is 11.3 Å². The van der Waals surface area contributed by atoms with Gasteiger partial charge in [-0.15, -0.1) is 0 Å². The molecule has 0 saturated heterocycles. The molecule has 0 bridgehead atoms. The molecule has 3 amide bonds. The number of hydrogen-bond donors (Lipinski definition) is 3. The number of thiazole rings is 1. The van der Waals surface area contributed by atoms with Crippen LogP contribution in [0.4, 0.5) is 16.3 Å². The van der Waals surface area contributed by atoms with Gasteiger partial charge in [0.2, 0.25) is 5.91 Å². The second kappa shape index (κ2) is 12.3. The summed E-state index contributed by atoms with van der Waals surface area (Å²) in [6.45, 7) is 13.8. The average Bonchev–Trinajstić information content (AvgIpc) is 3.66. The van der Waals surface area contributed by atoms with Crippen molar-refractivity contribution in [1.29, 1.82) is 0 Å². The second-order valence-electron chi connectivity index (χ2n) is 11.2. The van der Waals surface area contributed by atoms with Gasteiger partial charge in [0.05, 0.1) is 22.3 Å². The molecule has 42 heavy (non-hydrogen) atoms. The molecule has 2 aromatic carbocycles. The van der Waals surface area contributed by atoms with Crippen molar-refractivity contribution in [3.8, 4) is 11.3 Å². The third kappa shape index (κ3) is 6.80. The maximum atomic E-state index is 12.5. The van der Waals surface area contributed by atoms with Crippen molar-refractivity contribution < 1.29 is 14.1 Å². The molecule has 0 aliphatic heterocycles. The van der Waals surface area contributed by atoms with Crippen LogP contribution in [-0.4, -0.2) is 57.6 Å². The molecule has 220 valence electrons. The van der Waals surface area contributed by atoms with Crippen LogP contribution in [0.3, 0.4) is 0 Å². The Hall–Kier alpha value is -4.22. The Morgan fingerprint density at radius 2 is 1.79 bits per heavy atom. The number of aromatic nitrogens is 3. The fourth-order valence-electron chi connectivity index (χ4n) is 4.63. The van der Waals surface area contributed by atoms with Gasteiger partial charge in [0.15, 0.2) is 10.8 Å². The largest absolute Gasteiger partial charge is 0.359 e. The number of amides is 3. The topological polar surface area (TPSA) is 117 Å². The average molecular weight is 588 g/mol. The number of urea groups is 1. The highest BCUT2D eigenvalue weighted by atomic mass is 32.1. The molecule has 3 aromatic heterocycles. The van der Waals surface area contributed by atoms with E-state index in [9.17, 15) is 9.59 Å². The van der Waals surface area contributed by atoms with Gasteiger partial charge in [-0.2, -0.15) is 0 Å². The number of anilines is 2. The number of carbonyl (C=O) groups excluding carboxylic acids is 2. The van der Waals surface area contributed by atoms with Crippen molar-refractivity contribution in [1.82, 2.24) is 24.8 Å². The van der Waals surface area contributed by atoms with Gasteiger partial charge in [-0.3, -0.25) is 14.5 Å². The Labute approximate surface area is 249 Å². The lowest BCUT2D eigenvalue weighted by atomic mass is 9.93. The summed E-state index contributed by atoms with van der Waals surface area (Å²) in [5.41, 5.74) is 4.27. The fourth-order valence-corrected chi connectivity index (χ4v) is 5.70. The van der Waals surface area contributed by atoms with Crippen LogP contribution in [0.25, 0.3) is 26.4 Å². The molecule has 0 atom stereocenters. The van der Waals surface area contributed by atoms with Gasteiger partial charge in [-0.25, -0.2) is 9.78 Å². The number of benzene rings is 2. The van der Waals surface area contributed by atoms with E-state index in [0.717, 1.165) is 51.6 Å². The van der Waals surface area contributed by atoms with E-state index in [4.69, 9.17) is 9.51 Å². The molecule has 0 fully saturated rings. The maximum absolute atomic E-state index is 12.5. The minimum atomic E-state index is -0.401. The molecular formula is C31H37N7O3S. The number of imidazole rings is 1. The molecule has 0 unspecified atom stereocenters. The van der Waals surface area contributed by atoms with E-state index >= 15 is 0 Å². The van der Waals surface area contributed by atoms with E-state index in [1.165, 1.54) is 0 Å². The summed E-state index contributed by atoms with van der Waals surface area (Å²) >= 11 is 1.60. The molecular weight excluding hydrogens is 550 g/mol. The SMILES string of the molecule is CCN(CC)CCNC(=O)Cc1ccc2c(c1)sc1nc(-c3ccc(NC(=O)Nc4cc(C(C)(C)C)on4)cc3)cn12. The van der Waals surface area contributed by atoms with Crippen LogP contribution in [0.2, 0.25) is 0 Å². The van der Waals surface area contributed by atoms with Crippen molar-refractivity contribution in [2.45, 2.75) is 46.5 Å². The third-order valence-corrected chi connectivity index (χ3v) is 8.11. The van der Waals surface area contributed by atoms with Crippen molar-refractivity contribution >= 4 is 50.0 Å². The molecule has 11 heteroatoms. The molecule has 0 saturated carbocycles. The predicted molar refractivity (Wildman–Crippen MR) is 168 cm³/mol. The molecule has 0 spiro atoms. The van der Waals surface area contributed by atoms with E-state index in [1.807, 2.05) is 63.4 Å². The first-order valence-electron chi connectivity index (χ1n) is 14.2. The molecule has 3 heterocycles. The molecule has 0 aliphatic rings. The number of rotatable bonds is 10. The van der Waals surface area contributed by atoms with Gasteiger partial charge in [0.25, 0.3) is 0 Å². The second-order valence-corrected chi connectivity index (χ2v) is 12.2. The molecule has 3 N–H and O–H groups in total. The zero-order valence-electron chi connectivity index (χ0n) is 24.7. The summed E-state index contributed by atoms with van der Waals surface area (Å²) in [7, 11) is 0. The molecule has 0 radical (unpaired) electrons. The van der Waals surface area contributed by atoms with Crippen molar-refractivity contribution in [2.24, 2.45) is 0 Å². The van der Waals surface area contributed by atoms with E-state index in [2.05, 4.69) is 50.3 Å². The first-order chi connectivity index (χ1) is 20.1. The highest BCUT2D eigenvalue weighted by molar-refractivity contribution is 7.23. The highest BCUT2D eigenvalue weighted by Crippen LogP contribution is 2.31. The van der Waals surface area contributed by atoms with Crippen molar-refractivity contribution in [3.05, 3.63) is 66.1 Å². The van der Waals surface area contributed by atoms with Crippen LogP contribution in [0.15, 0.2) is 59.3 Å². The first-order valence-corrected chi connectivity index (χ1v) is 15.0. The summed E-state index contributed by atoms with van der Waals surface area (Å²) in [4.78, 5) is 32.9. The van der Waals surface area contributed by atoms with Crippen LogP contribution in [0, 0.1) is 0 Å². The number of hydrogen-bond acceptors (Lipinski definition) is 7. The zero-order chi connectivity index (χ0) is 29.9. The molecule has 5 rings (SSSR count). The summed E-state index contributed by atoms with van der Waals surface area (Å²) in [5, 5.41) is 12.5. The van der Waals surface area contributed by atoms with Crippen LogP contribution in [0.1, 0.15) is 45.9 Å². The third-order valence-electron chi connectivity index (χ3n) is 7.10. The van der Waals surface area contributed by atoms with Crippen molar-refractivity contribution in [2.75, 3.05) is 36.8 Å². The van der Waals surface area contributed by atoms with E-state index in [0.29, 0.717) is 30.2 Å². The number of fused-ring (bicyclic) bond motifs is 3. The number of likely N-dealkylation sites (N-methyl/N-ethyl adjacent to an activating group) is 1. The van der Waals surface area contributed by atoms with Gasteiger partial charge in [0.1, 0.15) is 5.76 Å². The predicted octanol–water partition coefficient (Wildman–Crippen LogP) is 6.15. The van der Waals surface area contributed by atoms with Crippen LogP contribution in [0.5, 0.6) is 0 Å². The number of nitrogens with zero attached hydrogens (tertiary/aromatic N) is 4. The minimum absolute atomic E-state index is 0.0355. The summed E-state index contributed by atoms with van der Waals surface area (Å²) < 4.78 is 8.48. The number of carbonyl (C=O) groups is 2. The van der Waals surface area contributed by atoms with E-state index in [1.54, 1.807) is 17.4 Å². The standard InChI is InChI=1S/C31H37N7O3S/c1-6-37(7-2)15-14-32-28(39)17-20-8-13-24-25(16-20)42-30-34-23(19-38(24)30)21-9-11-22(12-10-21)33-29(40)35-27-18-26(41-36-27)31(3,4)5/h8-13,16,18-19H,6-7,14-15,17H2,1-5H3,(H,32,39)(H2,33,35,36,40). The quantitative estimate of drug-likeness (QED) is 0.181. The van der Waals surface area contributed by atoms with Gasteiger partial charge in [-0.05, 0) is 42.9 Å². The van der Waals surface area contributed by atoms with Gasteiger partial charge in [0, 0.05) is 42.0 Å². The lowest BCUT2D eigenvalue weighted by molar-refractivity contribution is -0.120. The van der Waals surface area contributed by atoms with Gasteiger partial charge >= 0.3 is 6.03 Å². The lowest BCUT2D eigenvalue weighted by Crippen LogP contribution is -2.35. The van der Waals surface area contributed by atoms with Crippen molar-refractivity contribution in [3.63, 3.8) is 0 Å². The Morgan fingerprint density at radius 3 is 2.48 bits per heavy atom. The fraction of sp³-hybridized carbons (Fsp3) is 0.355. The van der Waals surface area contributed by atoms with E-state index in [-0.39, 0.29) is 11.3 Å². The Morgan fingerprint density at radius 1 is 1.02 bits per heavy atom. The summed E-state index contributed by atoms with van der Waals surface area (Å²) in [6.07, 6.45) is 2.37. The molecule has 5 aromatic rings. The summed E-state index contributed by atoms with van der Waals surface area (Å²) in [5.74, 6) is 1.09. The van der Waals surface area contributed by atoms with Gasteiger partial charge in [-0.1, -0.05) is 69.3 Å². The Kier molecular flexibility index (Phi) is 8.60.